The second-order valence-electron chi connectivity index (χ2n) is 3.82. The molecule has 1 saturated heterocycles. The van der Waals surface area contributed by atoms with Gasteiger partial charge in [-0.2, -0.15) is 0 Å². The predicted octanol–water partition coefficient (Wildman–Crippen LogP) is -2.04. The summed E-state index contributed by atoms with van der Waals surface area (Å²) in [5.41, 5.74) is 5.38. The van der Waals surface area contributed by atoms with Gasteiger partial charge in [0.2, 0.25) is 5.91 Å². The van der Waals surface area contributed by atoms with Gasteiger partial charge in [-0.1, -0.05) is 0 Å². The van der Waals surface area contributed by atoms with E-state index in [1.165, 1.54) is 6.92 Å². The maximum absolute atomic E-state index is 10.9. The SMILES string of the molecule is CC(=O)N[C@H]1C(C)O[C@H](CN)[C@H](O)[C@@H]1O. The summed E-state index contributed by atoms with van der Waals surface area (Å²) in [5.74, 6) is -0.270. The summed E-state index contributed by atoms with van der Waals surface area (Å²) in [6.45, 7) is 3.20. The average molecular weight is 218 g/mol. The van der Waals surface area contributed by atoms with Crippen LogP contribution in [0, 0.1) is 0 Å². The third-order valence-corrected chi connectivity index (χ3v) is 2.60. The van der Waals surface area contributed by atoms with E-state index < -0.39 is 24.4 Å². The van der Waals surface area contributed by atoms with Gasteiger partial charge in [0.05, 0.1) is 18.2 Å². The lowest BCUT2D eigenvalue weighted by Crippen LogP contribution is -2.63. The van der Waals surface area contributed by atoms with Gasteiger partial charge < -0.3 is 26.0 Å². The topological polar surface area (TPSA) is 105 Å². The Balaban J connectivity index is 2.70. The fraction of sp³-hybridized carbons (Fsp3) is 0.889. The molecule has 1 fully saturated rings. The first-order chi connectivity index (χ1) is 6.97. The van der Waals surface area contributed by atoms with E-state index in [0.29, 0.717) is 0 Å². The molecule has 0 aromatic heterocycles. The minimum Gasteiger partial charge on any atom is -0.388 e. The maximum atomic E-state index is 10.9. The first-order valence-electron chi connectivity index (χ1n) is 4.96. The van der Waals surface area contributed by atoms with E-state index in [9.17, 15) is 15.0 Å². The van der Waals surface area contributed by atoms with Gasteiger partial charge in [-0.25, -0.2) is 0 Å². The van der Waals surface area contributed by atoms with Crippen LogP contribution in [0.2, 0.25) is 0 Å². The van der Waals surface area contributed by atoms with Crippen molar-refractivity contribution >= 4 is 5.91 Å². The number of hydrogen-bond acceptors (Lipinski definition) is 5. The number of nitrogens with one attached hydrogen (secondary N) is 1. The Morgan fingerprint density at radius 1 is 1.47 bits per heavy atom. The summed E-state index contributed by atoms with van der Waals surface area (Å²) in [4.78, 5) is 10.9. The number of rotatable bonds is 2. The van der Waals surface area contributed by atoms with Gasteiger partial charge in [-0.3, -0.25) is 4.79 Å². The van der Waals surface area contributed by atoms with Crippen molar-refractivity contribution < 1.29 is 19.7 Å². The van der Waals surface area contributed by atoms with E-state index in [0.717, 1.165) is 0 Å². The lowest BCUT2D eigenvalue weighted by molar-refractivity contribution is -0.177. The van der Waals surface area contributed by atoms with Crippen LogP contribution < -0.4 is 11.1 Å². The zero-order valence-electron chi connectivity index (χ0n) is 8.88. The van der Waals surface area contributed by atoms with Crippen molar-refractivity contribution in [2.45, 2.75) is 44.3 Å². The summed E-state index contributed by atoms with van der Waals surface area (Å²) in [6.07, 6.45) is -3.07. The minimum absolute atomic E-state index is 0.134. The van der Waals surface area contributed by atoms with Crippen molar-refractivity contribution in [1.29, 1.82) is 0 Å². The van der Waals surface area contributed by atoms with Gasteiger partial charge in [-0.05, 0) is 6.92 Å². The van der Waals surface area contributed by atoms with Crippen LogP contribution in [0.3, 0.4) is 0 Å². The van der Waals surface area contributed by atoms with Gasteiger partial charge in [0.25, 0.3) is 0 Å². The molecule has 6 heteroatoms. The normalized spacial score (nSPS) is 41.3. The second kappa shape index (κ2) is 4.89. The van der Waals surface area contributed by atoms with Crippen molar-refractivity contribution in [3.05, 3.63) is 0 Å². The number of aliphatic hydroxyl groups is 2. The van der Waals surface area contributed by atoms with E-state index in [-0.39, 0.29) is 18.6 Å². The van der Waals surface area contributed by atoms with Crippen LogP contribution in [-0.2, 0) is 9.53 Å². The molecule has 5 atom stereocenters. The Labute approximate surface area is 88.4 Å². The van der Waals surface area contributed by atoms with Gasteiger partial charge in [0.15, 0.2) is 0 Å². The van der Waals surface area contributed by atoms with Crippen molar-refractivity contribution in [2.24, 2.45) is 5.73 Å². The fourth-order valence-corrected chi connectivity index (χ4v) is 1.78. The lowest BCUT2D eigenvalue weighted by Gasteiger charge is -2.41. The number of ether oxygens (including phenoxy) is 1. The molecule has 15 heavy (non-hydrogen) atoms. The highest BCUT2D eigenvalue weighted by molar-refractivity contribution is 5.73. The molecule has 0 saturated carbocycles. The summed E-state index contributed by atoms with van der Waals surface area (Å²) < 4.78 is 5.38. The maximum Gasteiger partial charge on any atom is 0.217 e. The highest BCUT2D eigenvalue weighted by atomic mass is 16.5. The Kier molecular flexibility index (Phi) is 4.04. The molecule has 0 radical (unpaired) electrons. The van der Waals surface area contributed by atoms with Gasteiger partial charge in [0, 0.05) is 13.5 Å². The molecule has 1 aliphatic rings. The molecular weight excluding hydrogens is 200 g/mol. The summed E-state index contributed by atoms with van der Waals surface area (Å²) >= 11 is 0. The Morgan fingerprint density at radius 2 is 2.07 bits per heavy atom. The number of nitrogens with two attached hydrogens (primary N) is 1. The standard InChI is InChI=1S/C9H18N2O4/c1-4-7(11-5(2)12)9(14)8(13)6(3-10)15-4/h4,6-9,13-14H,3,10H2,1-2H3,(H,11,12)/t4?,6-,7+,8+,9-/m1/s1. The molecule has 0 aromatic rings. The van der Waals surface area contributed by atoms with Crippen LogP contribution in [0.25, 0.3) is 0 Å². The first kappa shape index (κ1) is 12.4. The Bertz CT molecular complexity index is 236. The lowest BCUT2D eigenvalue weighted by atomic mass is 9.93. The van der Waals surface area contributed by atoms with Crippen molar-refractivity contribution in [2.75, 3.05) is 6.54 Å². The average Bonchev–Trinajstić information content (AvgIpc) is 2.18. The summed E-state index contributed by atoms with van der Waals surface area (Å²) in [7, 11) is 0. The molecule has 0 spiro atoms. The molecular formula is C9H18N2O4. The third-order valence-electron chi connectivity index (χ3n) is 2.60. The molecule has 6 nitrogen and oxygen atoms in total. The van der Waals surface area contributed by atoms with E-state index in [2.05, 4.69) is 5.32 Å². The quantitative estimate of drug-likeness (QED) is 0.427. The van der Waals surface area contributed by atoms with Crippen molar-refractivity contribution in [1.82, 2.24) is 5.32 Å². The molecule has 1 aliphatic heterocycles. The predicted molar refractivity (Wildman–Crippen MR) is 53.0 cm³/mol. The van der Waals surface area contributed by atoms with E-state index in [1.807, 2.05) is 0 Å². The molecule has 88 valence electrons. The number of aliphatic hydroxyl groups excluding tert-OH is 2. The van der Waals surface area contributed by atoms with Crippen molar-refractivity contribution in [3.8, 4) is 0 Å². The molecule has 1 unspecified atom stereocenters. The summed E-state index contributed by atoms with van der Waals surface area (Å²) in [5, 5.41) is 21.9. The highest BCUT2D eigenvalue weighted by Gasteiger charge is 2.42. The van der Waals surface area contributed by atoms with Crippen LogP contribution in [-0.4, -0.2) is 53.1 Å². The van der Waals surface area contributed by atoms with Gasteiger partial charge >= 0.3 is 0 Å². The van der Waals surface area contributed by atoms with E-state index >= 15 is 0 Å². The van der Waals surface area contributed by atoms with Crippen LogP contribution in [0.15, 0.2) is 0 Å². The van der Waals surface area contributed by atoms with Gasteiger partial charge in [-0.15, -0.1) is 0 Å². The number of amides is 1. The van der Waals surface area contributed by atoms with Crippen LogP contribution >= 0.6 is 0 Å². The Morgan fingerprint density at radius 3 is 2.53 bits per heavy atom. The zero-order chi connectivity index (χ0) is 11.6. The van der Waals surface area contributed by atoms with E-state index in [4.69, 9.17) is 10.5 Å². The van der Waals surface area contributed by atoms with Crippen LogP contribution in [0.5, 0.6) is 0 Å². The number of hydrogen-bond donors (Lipinski definition) is 4. The molecule has 0 aromatic carbocycles. The molecule has 0 bridgehead atoms. The zero-order valence-corrected chi connectivity index (χ0v) is 8.88. The van der Waals surface area contributed by atoms with Crippen molar-refractivity contribution in [3.63, 3.8) is 0 Å². The molecule has 5 N–H and O–H groups in total. The minimum atomic E-state index is -1.07. The Hall–Kier alpha value is -0.690. The van der Waals surface area contributed by atoms with Crippen LogP contribution in [0.1, 0.15) is 13.8 Å². The third kappa shape index (κ3) is 2.66. The highest BCUT2D eigenvalue weighted by Crippen LogP contribution is 2.20. The molecule has 0 aliphatic carbocycles. The number of carbonyl (C=O) groups excluding carboxylic acids is 1. The van der Waals surface area contributed by atoms with E-state index in [1.54, 1.807) is 6.92 Å². The first-order valence-corrected chi connectivity index (χ1v) is 4.96. The van der Waals surface area contributed by atoms with Crippen LogP contribution in [0.4, 0.5) is 0 Å². The molecule has 1 amide bonds. The fourth-order valence-electron chi connectivity index (χ4n) is 1.78. The molecule has 1 heterocycles. The molecule has 1 rings (SSSR count). The van der Waals surface area contributed by atoms with Gasteiger partial charge in [0.1, 0.15) is 12.2 Å². The smallest absolute Gasteiger partial charge is 0.217 e. The summed E-state index contributed by atoms with van der Waals surface area (Å²) in [6, 6.07) is -0.597. The number of carbonyl (C=O) groups is 1. The monoisotopic (exact) mass is 218 g/mol. The second-order valence-corrected chi connectivity index (χ2v) is 3.82. The largest absolute Gasteiger partial charge is 0.388 e.